The highest BCUT2D eigenvalue weighted by molar-refractivity contribution is 6.18. The van der Waals surface area contributed by atoms with Gasteiger partial charge < -0.3 is 13.9 Å². The molecule has 57 heavy (non-hydrogen) atoms. The summed E-state index contributed by atoms with van der Waals surface area (Å²) >= 11 is 0. The molecule has 0 N–H and O–H groups in total. The fourth-order valence-electron chi connectivity index (χ4n) is 8.63. The molecule has 0 bridgehead atoms. The Morgan fingerprint density at radius 1 is 0.368 bits per heavy atom. The van der Waals surface area contributed by atoms with E-state index in [2.05, 4.69) is 228 Å². The number of fused-ring (bicyclic) bond motifs is 6. The van der Waals surface area contributed by atoms with Gasteiger partial charge >= 0.3 is 0 Å². The first-order valence-corrected chi connectivity index (χ1v) is 19.4. The quantitative estimate of drug-likeness (QED) is 0.163. The maximum atomic E-state index is 7.00. The molecule has 0 atom stereocenters. The molecule has 0 saturated heterocycles. The Bertz CT molecular complexity index is 3110. The summed E-state index contributed by atoms with van der Waals surface area (Å²) in [7, 11) is 0. The SMILES string of the molecule is c1ccc(-c2cccc(N(c3cccc(-c4ccccc4)c3)c3ccc(-c4ccccc4-n4c5ccccc5c5ccccc54)c4oc5ccccc5c34)c2)cc1. The summed E-state index contributed by atoms with van der Waals surface area (Å²) in [5.74, 6) is 0. The lowest BCUT2D eigenvalue weighted by Crippen LogP contribution is -2.11. The molecule has 0 unspecified atom stereocenters. The lowest BCUT2D eigenvalue weighted by Gasteiger charge is -2.28. The Balaban J connectivity index is 1.18. The van der Waals surface area contributed by atoms with Crippen LogP contribution in [0.3, 0.4) is 0 Å². The molecule has 0 radical (unpaired) electrons. The highest BCUT2D eigenvalue weighted by atomic mass is 16.3. The van der Waals surface area contributed by atoms with Gasteiger partial charge in [-0.3, -0.25) is 0 Å². The topological polar surface area (TPSA) is 21.3 Å². The normalized spacial score (nSPS) is 11.5. The molecule has 11 aromatic rings. The first-order valence-electron chi connectivity index (χ1n) is 19.4. The number of furan rings is 1. The molecule has 9 aromatic carbocycles. The maximum Gasteiger partial charge on any atom is 0.145 e. The van der Waals surface area contributed by atoms with Crippen LogP contribution >= 0.6 is 0 Å². The van der Waals surface area contributed by atoms with E-state index in [9.17, 15) is 0 Å². The van der Waals surface area contributed by atoms with Gasteiger partial charge in [0, 0.05) is 38.7 Å². The molecule has 0 aliphatic heterocycles. The second kappa shape index (κ2) is 13.6. The van der Waals surface area contributed by atoms with Crippen LogP contribution in [0.2, 0.25) is 0 Å². The molecule has 0 fully saturated rings. The Kier molecular flexibility index (Phi) is 7.82. The highest BCUT2D eigenvalue weighted by Gasteiger charge is 2.24. The second-order valence-corrected chi connectivity index (χ2v) is 14.5. The Morgan fingerprint density at radius 3 is 1.51 bits per heavy atom. The molecule has 0 amide bonds. The largest absolute Gasteiger partial charge is 0.455 e. The van der Waals surface area contributed by atoms with E-state index in [0.29, 0.717) is 0 Å². The van der Waals surface area contributed by atoms with Gasteiger partial charge in [-0.1, -0.05) is 158 Å². The van der Waals surface area contributed by atoms with Crippen LogP contribution in [0.15, 0.2) is 223 Å². The van der Waals surface area contributed by atoms with Crippen LogP contribution in [0.25, 0.3) is 82.8 Å². The summed E-state index contributed by atoms with van der Waals surface area (Å²) in [6.45, 7) is 0. The number of hydrogen-bond donors (Lipinski definition) is 0. The van der Waals surface area contributed by atoms with Crippen molar-refractivity contribution < 1.29 is 4.42 Å². The van der Waals surface area contributed by atoms with Crippen LogP contribution in [0.1, 0.15) is 0 Å². The van der Waals surface area contributed by atoms with Crippen LogP contribution < -0.4 is 4.90 Å². The molecule has 11 rings (SSSR count). The average Bonchev–Trinajstić information content (AvgIpc) is 3.84. The minimum Gasteiger partial charge on any atom is -0.455 e. The standard InChI is InChI=1S/C54H36N2O/c1-3-17-37(18-4-1)39-21-15-23-41(35-39)55(42-24-16-22-40(36-42)38-19-5-2-6-20-38)51-34-33-46(54-53(51)47-28-10-14-32-52(47)57-54)45-27-9-13-31-50(45)56-48-29-11-7-25-43(48)44-26-8-12-30-49(44)56/h1-36H. The van der Waals surface area contributed by atoms with Crippen LogP contribution in [0, 0.1) is 0 Å². The molecular formula is C54H36N2O. The van der Waals surface area contributed by atoms with Gasteiger partial charge in [-0.25, -0.2) is 0 Å². The van der Waals surface area contributed by atoms with Crippen molar-refractivity contribution in [2.45, 2.75) is 0 Å². The first-order chi connectivity index (χ1) is 28.3. The number of rotatable bonds is 7. The third-order valence-corrected chi connectivity index (χ3v) is 11.2. The summed E-state index contributed by atoms with van der Waals surface area (Å²) < 4.78 is 9.40. The highest BCUT2D eigenvalue weighted by Crippen LogP contribution is 2.48. The smallest absolute Gasteiger partial charge is 0.145 e. The van der Waals surface area contributed by atoms with Gasteiger partial charge in [0.1, 0.15) is 11.2 Å². The maximum absolute atomic E-state index is 7.00. The van der Waals surface area contributed by atoms with Crippen molar-refractivity contribution in [3.05, 3.63) is 218 Å². The molecule has 0 aliphatic carbocycles. The van der Waals surface area contributed by atoms with E-state index >= 15 is 0 Å². The summed E-state index contributed by atoms with van der Waals surface area (Å²) in [5.41, 5.74) is 15.1. The Hall–Kier alpha value is -7.62. The molecule has 2 aromatic heterocycles. The van der Waals surface area contributed by atoms with E-state index in [0.717, 1.165) is 66.9 Å². The molecule has 2 heterocycles. The lowest BCUT2D eigenvalue weighted by atomic mass is 9.97. The molecule has 268 valence electrons. The predicted molar refractivity (Wildman–Crippen MR) is 239 cm³/mol. The zero-order valence-corrected chi connectivity index (χ0v) is 31.1. The van der Waals surface area contributed by atoms with Gasteiger partial charge in [0.15, 0.2) is 0 Å². The van der Waals surface area contributed by atoms with Crippen LogP contribution in [0.5, 0.6) is 0 Å². The monoisotopic (exact) mass is 728 g/mol. The molecular weight excluding hydrogens is 693 g/mol. The Labute approximate surface area is 330 Å². The predicted octanol–water partition coefficient (Wildman–Crippen LogP) is 15.2. The second-order valence-electron chi connectivity index (χ2n) is 14.5. The number of aromatic nitrogens is 1. The van der Waals surface area contributed by atoms with Crippen molar-refractivity contribution in [3.63, 3.8) is 0 Å². The summed E-state index contributed by atoms with van der Waals surface area (Å²) in [6.07, 6.45) is 0. The van der Waals surface area contributed by atoms with Gasteiger partial charge in [0.05, 0.1) is 27.8 Å². The molecule has 3 nitrogen and oxygen atoms in total. The van der Waals surface area contributed by atoms with Crippen molar-refractivity contribution in [1.82, 2.24) is 4.57 Å². The van der Waals surface area contributed by atoms with Gasteiger partial charge in [-0.05, 0) is 82.9 Å². The fraction of sp³-hybridized carbons (Fsp3) is 0. The number of nitrogens with zero attached hydrogens (tertiary/aromatic N) is 2. The Morgan fingerprint density at radius 2 is 0.877 bits per heavy atom. The summed E-state index contributed by atoms with van der Waals surface area (Å²) in [5, 5.41) is 4.61. The van der Waals surface area contributed by atoms with Gasteiger partial charge in [0.25, 0.3) is 0 Å². The van der Waals surface area contributed by atoms with Crippen molar-refractivity contribution in [1.29, 1.82) is 0 Å². The summed E-state index contributed by atoms with van der Waals surface area (Å²) in [6, 6.07) is 78.0. The van der Waals surface area contributed by atoms with Crippen LogP contribution in [-0.2, 0) is 0 Å². The number of anilines is 3. The van der Waals surface area contributed by atoms with E-state index in [-0.39, 0.29) is 0 Å². The molecule has 0 spiro atoms. The number of hydrogen-bond acceptors (Lipinski definition) is 2. The van der Waals surface area contributed by atoms with E-state index in [1.54, 1.807) is 0 Å². The lowest BCUT2D eigenvalue weighted by molar-refractivity contribution is 0.670. The van der Waals surface area contributed by atoms with Gasteiger partial charge in [0.2, 0.25) is 0 Å². The molecule has 0 saturated carbocycles. The average molecular weight is 729 g/mol. The zero-order valence-electron chi connectivity index (χ0n) is 31.1. The van der Waals surface area contributed by atoms with Crippen LogP contribution in [0.4, 0.5) is 17.1 Å². The zero-order chi connectivity index (χ0) is 37.7. The minimum absolute atomic E-state index is 0.852. The van der Waals surface area contributed by atoms with Crippen molar-refractivity contribution in [3.8, 4) is 39.1 Å². The van der Waals surface area contributed by atoms with E-state index in [1.165, 1.54) is 32.9 Å². The first kappa shape index (κ1) is 32.8. The number of benzene rings is 9. The minimum atomic E-state index is 0.852. The van der Waals surface area contributed by atoms with E-state index < -0.39 is 0 Å². The number of para-hydroxylation sites is 4. The van der Waals surface area contributed by atoms with E-state index in [1.807, 2.05) is 0 Å². The van der Waals surface area contributed by atoms with Crippen molar-refractivity contribution in [2.24, 2.45) is 0 Å². The summed E-state index contributed by atoms with van der Waals surface area (Å²) in [4.78, 5) is 2.39. The van der Waals surface area contributed by atoms with Crippen molar-refractivity contribution >= 4 is 60.8 Å². The third-order valence-electron chi connectivity index (χ3n) is 11.2. The molecule has 0 aliphatic rings. The fourth-order valence-corrected chi connectivity index (χ4v) is 8.63. The third kappa shape index (κ3) is 5.51. The molecule has 3 heteroatoms. The van der Waals surface area contributed by atoms with Gasteiger partial charge in [-0.2, -0.15) is 0 Å². The van der Waals surface area contributed by atoms with Crippen LogP contribution in [-0.4, -0.2) is 4.57 Å². The van der Waals surface area contributed by atoms with Crippen molar-refractivity contribution in [2.75, 3.05) is 4.90 Å². The van der Waals surface area contributed by atoms with Gasteiger partial charge in [-0.15, -0.1) is 0 Å². The van der Waals surface area contributed by atoms with E-state index in [4.69, 9.17) is 4.42 Å².